The Labute approximate surface area is 138 Å². The van der Waals surface area contributed by atoms with Crippen molar-refractivity contribution in [3.8, 4) is 11.3 Å². The van der Waals surface area contributed by atoms with E-state index in [4.69, 9.17) is 5.73 Å². The molecule has 8 heteroatoms. The molecule has 1 heterocycles. The molecule has 0 atom stereocenters. The van der Waals surface area contributed by atoms with Crippen LogP contribution >= 0.6 is 15.9 Å². The van der Waals surface area contributed by atoms with Gasteiger partial charge in [0.2, 0.25) is 11.6 Å². The first-order chi connectivity index (χ1) is 10.9. The molecular weight excluding hydrogens is 366 g/mol. The van der Waals surface area contributed by atoms with E-state index in [1.807, 2.05) is 0 Å². The first-order valence-electron chi connectivity index (χ1n) is 6.41. The minimum Gasteiger partial charge on any atom is -0.395 e. The number of halogens is 1. The molecule has 1 aromatic carbocycles. The molecule has 0 radical (unpaired) electrons. The Bertz CT molecular complexity index is 921. The largest absolute Gasteiger partial charge is 0.395 e. The van der Waals surface area contributed by atoms with Crippen LogP contribution in [0.15, 0.2) is 46.6 Å². The van der Waals surface area contributed by atoms with Gasteiger partial charge < -0.3 is 5.73 Å². The first-order valence-corrected chi connectivity index (χ1v) is 7.20. The van der Waals surface area contributed by atoms with Crippen molar-refractivity contribution < 1.29 is 14.5 Å². The maximum absolute atomic E-state index is 12.2. The van der Waals surface area contributed by atoms with Crippen molar-refractivity contribution in [3.63, 3.8) is 0 Å². The Hall–Kier alpha value is -2.87. The number of carbonyl (C=O) groups is 2. The van der Waals surface area contributed by atoms with Crippen LogP contribution in [0.5, 0.6) is 0 Å². The van der Waals surface area contributed by atoms with Gasteiger partial charge in [0.05, 0.1) is 31.9 Å². The fraction of sp³-hybridized carbons (Fsp3) is 0. The molecule has 23 heavy (non-hydrogen) atoms. The van der Waals surface area contributed by atoms with Crippen molar-refractivity contribution in [1.82, 2.24) is 4.98 Å². The first kappa shape index (κ1) is 15.0. The maximum atomic E-state index is 12.2. The predicted molar refractivity (Wildman–Crippen MR) is 85.1 cm³/mol. The third-order valence-electron chi connectivity index (χ3n) is 3.41. The van der Waals surface area contributed by atoms with Crippen LogP contribution in [0.4, 0.5) is 5.69 Å². The van der Waals surface area contributed by atoms with E-state index in [9.17, 15) is 19.7 Å². The van der Waals surface area contributed by atoms with E-state index in [1.165, 1.54) is 30.3 Å². The van der Waals surface area contributed by atoms with Crippen molar-refractivity contribution in [3.05, 3.63) is 67.9 Å². The summed E-state index contributed by atoms with van der Waals surface area (Å²) in [6.07, 6.45) is 0. The zero-order valence-corrected chi connectivity index (χ0v) is 13.0. The average Bonchev–Trinajstić information content (AvgIpc) is 2.57. The molecule has 1 aliphatic carbocycles. The summed E-state index contributed by atoms with van der Waals surface area (Å²) in [4.78, 5) is 39.1. The van der Waals surface area contributed by atoms with Gasteiger partial charge in [0.15, 0.2) is 0 Å². The Morgan fingerprint density at radius 3 is 2.43 bits per heavy atom. The number of fused-ring (bicyclic) bond motifs is 1. The molecule has 2 N–H and O–H groups in total. The Balaban J connectivity index is 2.21. The summed E-state index contributed by atoms with van der Waals surface area (Å²) in [6, 6.07) is 8.90. The third-order valence-corrected chi connectivity index (χ3v) is 4.20. The van der Waals surface area contributed by atoms with Gasteiger partial charge in [-0.25, -0.2) is 4.98 Å². The van der Waals surface area contributed by atoms with E-state index in [0.717, 1.165) is 0 Å². The molecule has 0 unspecified atom stereocenters. The van der Waals surface area contributed by atoms with Gasteiger partial charge in [-0.3, -0.25) is 19.7 Å². The van der Waals surface area contributed by atoms with Crippen LogP contribution in [0.1, 0.15) is 20.8 Å². The lowest BCUT2D eigenvalue weighted by Crippen LogP contribution is -2.25. The van der Waals surface area contributed by atoms with Crippen molar-refractivity contribution in [1.29, 1.82) is 0 Å². The summed E-state index contributed by atoms with van der Waals surface area (Å²) in [5.74, 6) is -1.04. The Morgan fingerprint density at radius 2 is 1.74 bits per heavy atom. The predicted octanol–water partition coefficient (Wildman–Crippen LogP) is 2.60. The van der Waals surface area contributed by atoms with E-state index < -0.39 is 16.5 Å². The van der Waals surface area contributed by atoms with E-state index in [0.29, 0.717) is 0 Å². The SMILES string of the molecule is NC1=C(Br)C(=O)c2nc(-c3ccccc3[N+](=O)[O-])ccc2C1=O. The number of ketones is 2. The second-order valence-electron chi connectivity index (χ2n) is 4.75. The van der Waals surface area contributed by atoms with Crippen LogP contribution in [-0.2, 0) is 0 Å². The number of Topliss-reactive ketones (excluding diaryl/α,β-unsaturated/α-hetero) is 2. The zero-order valence-electron chi connectivity index (χ0n) is 11.4. The molecule has 0 bridgehead atoms. The Kier molecular flexibility index (Phi) is 3.53. The molecule has 2 aromatic rings. The van der Waals surface area contributed by atoms with Gasteiger partial charge in [-0.2, -0.15) is 0 Å². The minimum atomic E-state index is -0.531. The number of benzene rings is 1. The summed E-state index contributed by atoms with van der Waals surface area (Å²) >= 11 is 2.98. The molecule has 7 nitrogen and oxygen atoms in total. The summed E-state index contributed by atoms with van der Waals surface area (Å²) in [6.45, 7) is 0. The highest BCUT2D eigenvalue weighted by molar-refractivity contribution is 9.12. The molecule has 0 fully saturated rings. The van der Waals surface area contributed by atoms with E-state index >= 15 is 0 Å². The van der Waals surface area contributed by atoms with Crippen molar-refractivity contribution in [2.24, 2.45) is 5.73 Å². The molecule has 0 aliphatic heterocycles. The van der Waals surface area contributed by atoms with E-state index in [-0.39, 0.29) is 38.4 Å². The summed E-state index contributed by atoms with van der Waals surface area (Å²) in [5.41, 5.74) is 5.77. The number of nitrogens with two attached hydrogens (primary N) is 1. The Morgan fingerprint density at radius 1 is 1.04 bits per heavy atom. The minimum absolute atomic E-state index is 0.0535. The molecule has 1 aliphatic rings. The molecule has 114 valence electrons. The average molecular weight is 374 g/mol. The van der Waals surface area contributed by atoms with Crippen LogP contribution in [-0.4, -0.2) is 21.5 Å². The number of rotatable bonds is 2. The van der Waals surface area contributed by atoms with Crippen LogP contribution in [0.3, 0.4) is 0 Å². The number of pyridine rings is 1. The molecule has 0 saturated carbocycles. The lowest BCUT2D eigenvalue weighted by Gasteiger charge is -2.15. The van der Waals surface area contributed by atoms with Gasteiger partial charge in [0, 0.05) is 6.07 Å². The van der Waals surface area contributed by atoms with Gasteiger partial charge in [0.25, 0.3) is 5.69 Å². The fourth-order valence-corrected chi connectivity index (χ4v) is 2.65. The highest BCUT2D eigenvalue weighted by atomic mass is 79.9. The summed E-state index contributed by atoms with van der Waals surface area (Å²) < 4.78 is -0.0535. The topological polar surface area (TPSA) is 116 Å². The molecule has 3 rings (SSSR count). The zero-order chi connectivity index (χ0) is 16.7. The molecule has 0 spiro atoms. The number of hydrogen-bond acceptors (Lipinski definition) is 6. The number of hydrogen-bond donors (Lipinski definition) is 1. The number of para-hydroxylation sites is 1. The second-order valence-corrected chi connectivity index (χ2v) is 5.55. The number of allylic oxidation sites excluding steroid dienone is 2. The van der Waals surface area contributed by atoms with E-state index in [1.54, 1.807) is 6.07 Å². The lowest BCUT2D eigenvalue weighted by atomic mass is 9.96. The smallest absolute Gasteiger partial charge is 0.278 e. The molecular formula is C15H8BrN3O4. The van der Waals surface area contributed by atoms with Crippen LogP contribution < -0.4 is 5.73 Å². The van der Waals surface area contributed by atoms with Crippen LogP contribution in [0, 0.1) is 10.1 Å². The van der Waals surface area contributed by atoms with Gasteiger partial charge in [-0.05, 0) is 34.1 Å². The summed E-state index contributed by atoms with van der Waals surface area (Å²) in [7, 11) is 0. The number of nitro groups is 1. The van der Waals surface area contributed by atoms with Crippen LogP contribution in [0.2, 0.25) is 0 Å². The number of nitrogens with zero attached hydrogens (tertiary/aromatic N) is 2. The third kappa shape index (κ3) is 2.33. The van der Waals surface area contributed by atoms with Gasteiger partial charge in [0.1, 0.15) is 5.69 Å². The number of aromatic nitrogens is 1. The van der Waals surface area contributed by atoms with E-state index in [2.05, 4.69) is 20.9 Å². The lowest BCUT2D eigenvalue weighted by molar-refractivity contribution is -0.384. The maximum Gasteiger partial charge on any atom is 0.278 e. The molecule has 0 saturated heterocycles. The quantitative estimate of drug-likeness (QED) is 0.638. The normalized spacial score (nSPS) is 14.0. The standard InChI is InChI=1S/C15H8BrN3O4/c16-11-12(17)14(20)8-5-6-9(18-13(8)15(11)21)7-3-1-2-4-10(7)19(22)23/h1-6H,17H2. The van der Waals surface area contributed by atoms with Crippen LogP contribution in [0.25, 0.3) is 11.3 Å². The van der Waals surface area contributed by atoms with Gasteiger partial charge in [-0.1, -0.05) is 12.1 Å². The second kappa shape index (κ2) is 5.40. The van der Waals surface area contributed by atoms with Gasteiger partial charge >= 0.3 is 0 Å². The van der Waals surface area contributed by atoms with Crippen molar-refractivity contribution >= 4 is 33.2 Å². The fourth-order valence-electron chi connectivity index (χ4n) is 2.29. The number of nitro benzene ring substituents is 1. The van der Waals surface area contributed by atoms with Crippen molar-refractivity contribution in [2.45, 2.75) is 0 Å². The highest BCUT2D eigenvalue weighted by Gasteiger charge is 2.31. The monoisotopic (exact) mass is 373 g/mol. The molecule has 1 aromatic heterocycles. The van der Waals surface area contributed by atoms with Gasteiger partial charge in [-0.15, -0.1) is 0 Å². The molecule has 0 amide bonds. The highest BCUT2D eigenvalue weighted by Crippen LogP contribution is 2.32. The van der Waals surface area contributed by atoms with Crippen molar-refractivity contribution in [2.75, 3.05) is 0 Å². The number of carbonyl (C=O) groups excluding carboxylic acids is 2. The summed E-state index contributed by atoms with van der Waals surface area (Å²) in [5, 5.41) is 11.1.